The fourth-order valence-corrected chi connectivity index (χ4v) is 0. The first-order chi connectivity index (χ1) is 1.73. The summed E-state index contributed by atoms with van der Waals surface area (Å²) in [6.07, 6.45) is 0. The van der Waals surface area contributed by atoms with Crippen molar-refractivity contribution in [2.75, 3.05) is 0 Å². The highest BCUT2D eigenvalue weighted by Gasteiger charge is 1.62. The molecule has 0 saturated heterocycles. The van der Waals surface area contributed by atoms with Gasteiger partial charge in [-0.2, -0.15) is 0 Å². The molecule has 0 bridgehead atoms. The van der Waals surface area contributed by atoms with Gasteiger partial charge in [-0.15, -0.1) is 62.0 Å². The lowest BCUT2D eigenvalue weighted by Gasteiger charge is -1.56. The van der Waals surface area contributed by atoms with E-state index in [0.29, 0.717) is 0 Å². The zero-order valence-electron chi connectivity index (χ0n) is 4.95. The molecule has 0 atom stereocenters. The van der Waals surface area contributed by atoms with Crippen LogP contribution in [0.4, 0.5) is 0 Å². The summed E-state index contributed by atoms with van der Waals surface area (Å²) in [4.78, 5) is 9.44. The molecule has 64 valence electrons. The normalized spacial score (nSPS) is 2.89. The zero-order valence-corrected chi connectivity index (χ0v) is 9.03. The Morgan fingerprint density at radius 3 is 0.778 bits per heavy atom. The summed E-state index contributed by atoms with van der Waals surface area (Å²) in [5, 5.41) is 0. The summed E-state index contributed by atoms with van der Waals surface area (Å²) in [6.45, 7) is 3.06. The van der Waals surface area contributed by atoms with Crippen LogP contribution in [0.25, 0.3) is 0 Å². The molecule has 0 aromatic rings. The molecule has 0 aromatic heterocycles. The van der Waals surface area contributed by atoms with Gasteiger partial charge < -0.3 is 4.79 Å². The van der Waals surface area contributed by atoms with Gasteiger partial charge in [-0.25, -0.2) is 0 Å². The molecule has 1 nitrogen and oxygen atoms in total. The molecule has 0 unspecified atom stereocenters. The third kappa shape index (κ3) is 369. The van der Waals surface area contributed by atoms with Gasteiger partial charge in [-0.3, -0.25) is 0 Å². The molecule has 0 radical (unpaired) electrons. The average molecular weight is 240 g/mol. The highest BCUT2D eigenvalue weighted by molar-refractivity contribution is 5.86. The molecule has 0 aliphatic rings. The second kappa shape index (κ2) is 35.4. The van der Waals surface area contributed by atoms with Crippen molar-refractivity contribution in [1.82, 2.24) is 0 Å². The maximum absolute atomic E-state index is 9.44. The van der Waals surface area contributed by atoms with Gasteiger partial charge >= 0.3 is 0 Å². The van der Waals surface area contributed by atoms with E-state index < -0.39 is 0 Å². The monoisotopic (exact) mass is 238 g/mol. The first-order valence-electron chi connectivity index (χ1n) is 1.20. The Kier molecular flexibility index (Phi) is 195. The van der Waals surface area contributed by atoms with Crippen LogP contribution in [0.5, 0.6) is 0 Å². The Hall–Kier alpha value is 1.12. The van der Waals surface area contributed by atoms with Crippen molar-refractivity contribution in [2.45, 2.75) is 13.8 Å². The lowest BCUT2D eigenvalue weighted by atomic mass is 10.6. The molecule has 0 N–H and O–H groups in total. The highest BCUT2D eigenvalue weighted by Crippen LogP contribution is 1.50. The summed E-state index contributed by atoms with van der Waals surface area (Å²) in [6, 6.07) is 0. The van der Waals surface area contributed by atoms with Crippen LogP contribution in [0.1, 0.15) is 13.8 Å². The van der Waals surface area contributed by atoms with Crippen LogP contribution < -0.4 is 0 Å². The van der Waals surface area contributed by atoms with Crippen LogP contribution in [-0.2, 0) is 4.79 Å². The topological polar surface area (TPSA) is 17.1 Å². The fourth-order valence-electron chi connectivity index (χ4n) is 0. The van der Waals surface area contributed by atoms with E-state index in [9.17, 15) is 4.79 Å². The molecule has 0 aliphatic heterocycles. The van der Waals surface area contributed by atoms with Crippen LogP contribution in [0, 0.1) is 0 Å². The van der Waals surface area contributed by atoms with Crippen molar-refractivity contribution in [1.29, 1.82) is 0 Å². The molecular formula is C3H11Cl5O. The van der Waals surface area contributed by atoms with Crippen molar-refractivity contribution >= 4 is 67.8 Å². The van der Waals surface area contributed by atoms with Gasteiger partial charge in [-0.1, -0.05) is 0 Å². The Bertz CT molecular complexity index is 35.2. The van der Waals surface area contributed by atoms with E-state index in [1.165, 1.54) is 13.8 Å². The third-order valence-corrected chi connectivity index (χ3v) is 0. The quantitative estimate of drug-likeness (QED) is 0.636. The summed E-state index contributed by atoms with van der Waals surface area (Å²) >= 11 is 0. The van der Waals surface area contributed by atoms with Gasteiger partial charge in [0.1, 0.15) is 5.78 Å². The van der Waals surface area contributed by atoms with E-state index in [4.69, 9.17) is 0 Å². The van der Waals surface area contributed by atoms with Gasteiger partial charge in [0, 0.05) is 0 Å². The predicted molar refractivity (Wildman–Crippen MR) is 52.6 cm³/mol. The molecule has 0 saturated carbocycles. The van der Waals surface area contributed by atoms with Crippen molar-refractivity contribution in [2.24, 2.45) is 0 Å². The van der Waals surface area contributed by atoms with E-state index in [2.05, 4.69) is 0 Å². The molecule has 0 heterocycles. The SMILES string of the molecule is CC(C)=O.Cl.Cl.Cl.Cl.Cl. The Balaban J connectivity index is -0.00000000450. The van der Waals surface area contributed by atoms with Crippen LogP contribution in [0.3, 0.4) is 0 Å². The second-order valence-electron chi connectivity index (χ2n) is 0.908. The predicted octanol–water partition coefficient (Wildman–Crippen LogP) is 2.70. The van der Waals surface area contributed by atoms with E-state index in [-0.39, 0.29) is 67.8 Å². The van der Waals surface area contributed by atoms with Crippen LogP contribution >= 0.6 is 62.0 Å². The van der Waals surface area contributed by atoms with E-state index in [1.54, 1.807) is 0 Å². The van der Waals surface area contributed by atoms with Gasteiger partial charge in [0.05, 0.1) is 0 Å². The van der Waals surface area contributed by atoms with Crippen molar-refractivity contribution in [3.8, 4) is 0 Å². The Labute approximate surface area is 86.4 Å². The number of hydrogen-bond donors (Lipinski definition) is 0. The molecule has 0 aliphatic carbocycles. The lowest BCUT2D eigenvalue weighted by molar-refractivity contribution is -0.114. The maximum atomic E-state index is 9.44. The smallest absolute Gasteiger partial charge is 0.126 e. The first kappa shape index (κ1) is 49.6. The number of rotatable bonds is 0. The standard InChI is InChI=1S/C3H6O.5ClH/c1-3(2)4;;;;;/h1-2H3;5*1H. The van der Waals surface area contributed by atoms with Gasteiger partial charge in [0.2, 0.25) is 0 Å². The molecule has 0 amide bonds. The average Bonchev–Trinajstić information content (AvgIpc) is 0.811. The van der Waals surface area contributed by atoms with E-state index in [1.807, 2.05) is 0 Å². The molecular weight excluding hydrogens is 229 g/mol. The maximum Gasteiger partial charge on any atom is 0.126 e. The highest BCUT2D eigenvalue weighted by atomic mass is 35.5. The van der Waals surface area contributed by atoms with Crippen molar-refractivity contribution in [3.05, 3.63) is 0 Å². The first-order valence-corrected chi connectivity index (χ1v) is 1.20. The Morgan fingerprint density at radius 1 is 0.778 bits per heavy atom. The zero-order chi connectivity index (χ0) is 3.58. The Morgan fingerprint density at radius 2 is 0.778 bits per heavy atom. The summed E-state index contributed by atoms with van der Waals surface area (Å²) in [7, 11) is 0. The molecule has 6 heteroatoms. The largest absolute Gasteiger partial charge is 0.300 e. The summed E-state index contributed by atoms with van der Waals surface area (Å²) < 4.78 is 0. The van der Waals surface area contributed by atoms with E-state index in [0.717, 1.165) is 0 Å². The summed E-state index contributed by atoms with van der Waals surface area (Å²) in [5.41, 5.74) is 0. The van der Waals surface area contributed by atoms with Gasteiger partial charge in [0.25, 0.3) is 0 Å². The molecule has 0 aromatic carbocycles. The molecule has 0 rings (SSSR count). The number of hydrogen-bond acceptors (Lipinski definition) is 1. The van der Waals surface area contributed by atoms with E-state index >= 15 is 0 Å². The van der Waals surface area contributed by atoms with Crippen LogP contribution in [0.2, 0.25) is 0 Å². The number of carbonyl (C=O) groups is 1. The number of Topliss-reactive ketones (excluding diaryl/α,β-unsaturated/α-hetero) is 1. The number of carbonyl (C=O) groups excluding carboxylic acids is 1. The van der Waals surface area contributed by atoms with Crippen LogP contribution in [0.15, 0.2) is 0 Å². The van der Waals surface area contributed by atoms with Crippen LogP contribution in [-0.4, -0.2) is 5.78 Å². The third-order valence-electron chi connectivity index (χ3n) is 0. The molecule has 0 spiro atoms. The fraction of sp³-hybridized carbons (Fsp3) is 0.667. The lowest BCUT2D eigenvalue weighted by Crippen LogP contribution is -1.69. The minimum atomic E-state index is 0. The number of ketones is 1. The van der Waals surface area contributed by atoms with Crippen molar-refractivity contribution in [3.63, 3.8) is 0 Å². The van der Waals surface area contributed by atoms with Gasteiger partial charge in [-0.05, 0) is 13.8 Å². The molecule has 9 heavy (non-hydrogen) atoms. The minimum absolute atomic E-state index is 0. The number of halogens is 5. The molecule has 0 fully saturated rings. The second-order valence-corrected chi connectivity index (χ2v) is 0.908. The van der Waals surface area contributed by atoms with Gasteiger partial charge in [0.15, 0.2) is 0 Å². The van der Waals surface area contributed by atoms with Crippen molar-refractivity contribution < 1.29 is 4.79 Å². The minimum Gasteiger partial charge on any atom is -0.300 e. The summed E-state index contributed by atoms with van der Waals surface area (Å²) in [5.74, 6) is 0.167.